The summed E-state index contributed by atoms with van der Waals surface area (Å²) in [5, 5.41) is 0. The molecular weight excluding hydrogens is 242 g/mol. The van der Waals surface area contributed by atoms with Gasteiger partial charge in [-0.15, -0.1) is 11.8 Å². The van der Waals surface area contributed by atoms with Gasteiger partial charge in [0.05, 0.1) is 12.0 Å². The number of aromatic nitrogens is 2. The van der Waals surface area contributed by atoms with Crippen molar-refractivity contribution in [3.8, 4) is 0 Å². The SMILES string of the molecule is CSc1cccc(CN(C)Cc2nc[nH]c2C)c1. The van der Waals surface area contributed by atoms with Gasteiger partial charge in [-0.2, -0.15) is 0 Å². The van der Waals surface area contributed by atoms with Crippen molar-refractivity contribution in [2.45, 2.75) is 24.9 Å². The second-order valence-electron chi connectivity index (χ2n) is 4.50. The van der Waals surface area contributed by atoms with Crippen LogP contribution in [0.2, 0.25) is 0 Å². The van der Waals surface area contributed by atoms with E-state index in [1.807, 2.05) is 0 Å². The van der Waals surface area contributed by atoms with Crippen LogP contribution in [-0.2, 0) is 13.1 Å². The van der Waals surface area contributed by atoms with Crippen molar-refractivity contribution < 1.29 is 0 Å². The van der Waals surface area contributed by atoms with Crippen LogP contribution in [0.5, 0.6) is 0 Å². The molecule has 4 heteroatoms. The van der Waals surface area contributed by atoms with Crippen LogP contribution in [0, 0.1) is 6.92 Å². The first-order valence-electron chi connectivity index (χ1n) is 5.99. The molecule has 0 fully saturated rings. The molecule has 0 unspecified atom stereocenters. The molecule has 0 bridgehead atoms. The molecule has 0 aliphatic heterocycles. The maximum absolute atomic E-state index is 4.33. The molecule has 1 aromatic carbocycles. The highest BCUT2D eigenvalue weighted by Gasteiger charge is 2.06. The third kappa shape index (κ3) is 3.37. The van der Waals surface area contributed by atoms with Crippen molar-refractivity contribution in [1.29, 1.82) is 0 Å². The largest absolute Gasteiger partial charge is 0.348 e. The maximum Gasteiger partial charge on any atom is 0.0925 e. The Balaban J connectivity index is 1.98. The number of hydrogen-bond acceptors (Lipinski definition) is 3. The first kappa shape index (κ1) is 13.2. The molecule has 0 saturated heterocycles. The van der Waals surface area contributed by atoms with Crippen LogP contribution in [0.15, 0.2) is 35.5 Å². The molecule has 1 aromatic heterocycles. The minimum Gasteiger partial charge on any atom is -0.348 e. The number of benzene rings is 1. The molecule has 0 radical (unpaired) electrons. The van der Waals surface area contributed by atoms with E-state index >= 15 is 0 Å². The van der Waals surface area contributed by atoms with Crippen LogP contribution in [0.3, 0.4) is 0 Å². The average Bonchev–Trinajstić information content (AvgIpc) is 2.75. The molecule has 2 aromatic rings. The Morgan fingerprint density at radius 2 is 2.17 bits per heavy atom. The van der Waals surface area contributed by atoms with Gasteiger partial charge < -0.3 is 4.98 Å². The molecular formula is C14H19N3S. The molecule has 3 nitrogen and oxygen atoms in total. The Morgan fingerprint density at radius 1 is 1.33 bits per heavy atom. The lowest BCUT2D eigenvalue weighted by molar-refractivity contribution is 0.314. The number of imidazole rings is 1. The number of rotatable bonds is 5. The molecule has 0 aliphatic rings. The van der Waals surface area contributed by atoms with Crippen LogP contribution in [-0.4, -0.2) is 28.2 Å². The Kier molecular flexibility index (Phi) is 4.44. The zero-order valence-corrected chi connectivity index (χ0v) is 11.9. The van der Waals surface area contributed by atoms with Crippen LogP contribution in [0.4, 0.5) is 0 Å². The van der Waals surface area contributed by atoms with Crippen LogP contribution in [0.25, 0.3) is 0 Å². The standard InChI is InChI=1S/C14H19N3S/c1-11-14(16-10-15-11)9-17(2)8-12-5-4-6-13(7-12)18-3/h4-7,10H,8-9H2,1-3H3,(H,15,16). The van der Waals surface area contributed by atoms with Gasteiger partial charge in [0.1, 0.15) is 0 Å². The third-order valence-electron chi connectivity index (χ3n) is 2.94. The van der Waals surface area contributed by atoms with E-state index in [0.717, 1.165) is 24.5 Å². The summed E-state index contributed by atoms with van der Waals surface area (Å²) in [7, 11) is 2.12. The zero-order valence-electron chi connectivity index (χ0n) is 11.1. The lowest BCUT2D eigenvalue weighted by Gasteiger charge is -2.16. The second-order valence-corrected chi connectivity index (χ2v) is 5.38. The number of thioether (sulfide) groups is 1. The predicted molar refractivity (Wildman–Crippen MR) is 76.7 cm³/mol. The Bertz CT molecular complexity index is 507. The van der Waals surface area contributed by atoms with Crippen molar-refractivity contribution in [3.63, 3.8) is 0 Å². The van der Waals surface area contributed by atoms with Gasteiger partial charge in [0.2, 0.25) is 0 Å². The van der Waals surface area contributed by atoms with Crippen molar-refractivity contribution >= 4 is 11.8 Å². The molecule has 2 rings (SSSR count). The summed E-state index contributed by atoms with van der Waals surface area (Å²) in [4.78, 5) is 11.0. The molecule has 1 N–H and O–H groups in total. The van der Waals surface area contributed by atoms with Gasteiger partial charge in [0.25, 0.3) is 0 Å². The lowest BCUT2D eigenvalue weighted by atomic mass is 10.2. The summed E-state index contributed by atoms with van der Waals surface area (Å²) in [6.45, 7) is 3.88. The summed E-state index contributed by atoms with van der Waals surface area (Å²) < 4.78 is 0. The van der Waals surface area contributed by atoms with Gasteiger partial charge in [-0.05, 0) is 37.9 Å². The Labute approximate surface area is 113 Å². The molecule has 1 heterocycles. The highest BCUT2D eigenvalue weighted by Crippen LogP contribution is 2.17. The molecule has 0 amide bonds. The van der Waals surface area contributed by atoms with Gasteiger partial charge in [0.15, 0.2) is 0 Å². The van der Waals surface area contributed by atoms with Crippen LogP contribution in [0.1, 0.15) is 17.0 Å². The smallest absolute Gasteiger partial charge is 0.0925 e. The number of nitrogens with one attached hydrogen (secondary N) is 1. The highest BCUT2D eigenvalue weighted by atomic mass is 32.2. The third-order valence-corrected chi connectivity index (χ3v) is 3.67. The van der Waals surface area contributed by atoms with E-state index in [9.17, 15) is 0 Å². The van der Waals surface area contributed by atoms with E-state index in [2.05, 4.69) is 59.4 Å². The summed E-state index contributed by atoms with van der Waals surface area (Å²) in [5.41, 5.74) is 3.62. The van der Waals surface area contributed by atoms with E-state index in [0.29, 0.717) is 0 Å². The zero-order chi connectivity index (χ0) is 13.0. The van der Waals surface area contributed by atoms with Crippen molar-refractivity contribution in [2.75, 3.05) is 13.3 Å². The van der Waals surface area contributed by atoms with E-state index in [-0.39, 0.29) is 0 Å². The van der Waals surface area contributed by atoms with Crippen molar-refractivity contribution in [2.24, 2.45) is 0 Å². The Morgan fingerprint density at radius 3 is 2.83 bits per heavy atom. The van der Waals surface area contributed by atoms with E-state index in [4.69, 9.17) is 0 Å². The fourth-order valence-corrected chi connectivity index (χ4v) is 2.42. The minimum absolute atomic E-state index is 0.874. The second kappa shape index (κ2) is 6.07. The number of hydrogen-bond donors (Lipinski definition) is 1. The minimum atomic E-state index is 0.874. The highest BCUT2D eigenvalue weighted by molar-refractivity contribution is 7.98. The normalized spacial score (nSPS) is 11.1. The van der Waals surface area contributed by atoms with E-state index < -0.39 is 0 Å². The van der Waals surface area contributed by atoms with E-state index in [1.54, 1.807) is 18.1 Å². The van der Waals surface area contributed by atoms with Gasteiger partial charge in [0, 0.05) is 23.7 Å². The van der Waals surface area contributed by atoms with Crippen LogP contribution >= 0.6 is 11.8 Å². The van der Waals surface area contributed by atoms with Crippen molar-refractivity contribution in [1.82, 2.24) is 14.9 Å². The number of aromatic amines is 1. The summed E-state index contributed by atoms with van der Waals surface area (Å²) in [6, 6.07) is 8.69. The fourth-order valence-electron chi connectivity index (χ4n) is 1.94. The molecule has 0 atom stereocenters. The van der Waals surface area contributed by atoms with E-state index in [1.165, 1.54) is 10.5 Å². The maximum atomic E-state index is 4.33. The predicted octanol–water partition coefficient (Wildman–Crippen LogP) is 3.07. The van der Waals surface area contributed by atoms with Crippen molar-refractivity contribution in [3.05, 3.63) is 47.5 Å². The Hall–Kier alpha value is -1.26. The van der Waals surface area contributed by atoms with Gasteiger partial charge in [-0.3, -0.25) is 4.90 Å². The monoisotopic (exact) mass is 261 g/mol. The van der Waals surface area contributed by atoms with Gasteiger partial charge >= 0.3 is 0 Å². The summed E-state index contributed by atoms with van der Waals surface area (Å²) >= 11 is 1.78. The summed E-state index contributed by atoms with van der Waals surface area (Å²) in [5.74, 6) is 0. The molecule has 96 valence electrons. The lowest BCUT2D eigenvalue weighted by Crippen LogP contribution is -2.18. The first-order chi connectivity index (χ1) is 8.69. The van der Waals surface area contributed by atoms with Crippen LogP contribution < -0.4 is 0 Å². The number of aryl methyl sites for hydroxylation is 1. The topological polar surface area (TPSA) is 31.9 Å². The first-order valence-corrected chi connectivity index (χ1v) is 7.22. The quantitative estimate of drug-likeness (QED) is 0.839. The molecule has 0 saturated carbocycles. The molecule has 18 heavy (non-hydrogen) atoms. The molecule has 0 aliphatic carbocycles. The molecule has 0 spiro atoms. The average molecular weight is 261 g/mol. The number of nitrogens with zero attached hydrogens (tertiary/aromatic N) is 2. The van der Waals surface area contributed by atoms with Gasteiger partial charge in [-0.25, -0.2) is 4.98 Å². The number of H-pyrrole nitrogens is 1. The van der Waals surface area contributed by atoms with Gasteiger partial charge in [-0.1, -0.05) is 12.1 Å². The summed E-state index contributed by atoms with van der Waals surface area (Å²) in [6.07, 6.45) is 3.86. The fraction of sp³-hybridized carbons (Fsp3) is 0.357.